The van der Waals surface area contributed by atoms with E-state index >= 15 is 4.39 Å². The van der Waals surface area contributed by atoms with Gasteiger partial charge in [0, 0.05) is 6.54 Å². The molecule has 4 N–H and O–H groups in total. The molecule has 3 rings (SSSR count). The van der Waals surface area contributed by atoms with Crippen LogP contribution in [0.4, 0.5) is 10.2 Å². The Bertz CT molecular complexity index is 1160. The van der Waals surface area contributed by atoms with Gasteiger partial charge in [0.1, 0.15) is 29.4 Å². The molecule has 3 heterocycles. The van der Waals surface area contributed by atoms with Crippen molar-refractivity contribution >= 4 is 47.2 Å². The summed E-state index contributed by atoms with van der Waals surface area (Å²) >= 11 is 1.46. The summed E-state index contributed by atoms with van der Waals surface area (Å²) in [6, 6.07) is 0. The Morgan fingerprint density at radius 1 is 1.24 bits per heavy atom. The van der Waals surface area contributed by atoms with E-state index in [9.17, 15) is 13.0 Å². The lowest BCUT2D eigenvalue weighted by Gasteiger charge is -2.45. The number of aromatic nitrogens is 4. The molecule has 1 aliphatic rings. The lowest BCUT2D eigenvalue weighted by atomic mass is 10.1. The SMILES string of the molecule is CCCSc1nn([C@@H]2O[C@H](CNS(=O)(=O)O)[C@@H](O[Si](C(C)C)(C(C)C)C(C)C)[C@@H]2F)c2ncnc(N)c12. The fourth-order valence-corrected chi connectivity index (χ4v) is 12.3. The third-order valence-corrected chi connectivity index (χ3v) is 14.7. The van der Waals surface area contributed by atoms with Crippen molar-refractivity contribution in [2.45, 2.75) is 101 Å². The monoisotopic (exact) mass is 578 g/mol. The predicted molar refractivity (Wildman–Crippen MR) is 145 cm³/mol. The lowest BCUT2D eigenvalue weighted by molar-refractivity contribution is -0.0260. The van der Waals surface area contributed by atoms with Crippen LogP contribution in [0.5, 0.6) is 0 Å². The van der Waals surface area contributed by atoms with Crippen molar-refractivity contribution in [3.8, 4) is 0 Å². The molecule has 1 saturated heterocycles. The van der Waals surface area contributed by atoms with Crippen LogP contribution in [0.1, 0.15) is 61.1 Å². The molecular weight excluding hydrogens is 539 g/mol. The first kappa shape index (κ1) is 30.2. The van der Waals surface area contributed by atoms with E-state index in [4.69, 9.17) is 14.9 Å². The molecule has 0 bridgehead atoms. The Morgan fingerprint density at radius 3 is 2.41 bits per heavy atom. The minimum atomic E-state index is -4.53. The number of anilines is 1. The van der Waals surface area contributed by atoms with Crippen molar-refractivity contribution in [1.82, 2.24) is 24.5 Å². The minimum absolute atomic E-state index is 0.157. The minimum Gasteiger partial charge on any atom is -0.407 e. The topological polar surface area (TPSA) is 154 Å². The van der Waals surface area contributed by atoms with E-state index in [0.29, 0.717) is 16.1 Å². The van der Waals surface area contributed by atoms with E-state index in [0.717, 1.165) is 12.2 Å². The number of nitrogen functional groups attached to an aromatic ring is 1. The van der Waals surface area contributed by atoms with Crippen LogP contribution in [0, 0.1) is 0 Å². The summed E-state index contributed by atoms with van der Waals surface area (Å²) in [6.07, 6.45) is -2.88. The molecular formula is C22H39FN6O5S2Si. The molecule has 15 heteroatoms. The molecule has 2 aromatic rings. The number of rotatable bonds is 12. The van der Waals surface area contributed by atoms with Crippen LogP contribution in [0.2, 0.25) is 16.6 Å². The van der Waals surface area contributed by atoms with Crippen LogP contribution in [-0.4, -0.2) is 71.7 Å². The van der Waals surface area contributed by atoms with Crippen molar-refractivity contribution in [3.63, 3.8) is 0 Å². The first-order valence-electron chi connectivity index (χ1n) is 12.5. The first-order valence-corrected chi connectivity index (χ1v) is 17.1. The van der Waals surface area contributed by atoms with E-state index < -0.39 is 43.2 Å². The molecule has 0 saturated carbocycles. The number of hydrogen-bond donors (Lipinski definition) is 3. The second kappa shape index (κ2) is 11.8. The molecule has 0 amide bonds. The van der Waals surface area contributed by atoms with E-state index in [1.807, 2.05) is 11.6 Å². The molecule has 11 nitrogen and oxygen atoms in total. The van der Waals surface area contributed by atoms with Crippen molar-refractivity contribution in [1.29, 1.82) is 0 Å². The van der Waals surface area contributed by atoms with Gasteiger partial charge in [-0.15, -0.1) is 11.8 Å². The predicted octanol–water partition coefficient (Wildman–Crippen LogP) is 4.10. The second-order valence-corrected chi connectivity index (χ2v) is 18.0. The van der Waals surface area contributed by atoms with Gasteiger partial charge in [-0.2, -0.15) is 18.2 Å². The van der Waals surface area contributed by atoms with Gasteiger partial charge in [0.15, 0.2) is 18.0 Å². The summed E-state index contributed by atoms with van der Waals surface area (Å²) in [5.74, 6) is 0.995. The molecule has 1 aliphatic heterocycles. The van der Waals surface area contributed by atoms with Crippen molar-refractivity contribution in [3.05, 3.63) is 6.33 Å². The Labute approximate surface area is 223 Å². The van der Waals surface area contributed by atoms with Crippen molar-refractivity contribution in [2.24, 2.45) is 0 Å². The smallest absolute Gasteiger partial charge is 0.333 e. The summed E-state index contributed by atoms with van der Waals surface area (Å²) < 4.78 is 64.9. The fraction of sp³-hybridized carbons (Fsp3) is 0.773. The summed E-state index contributed by atoms with van der Waals surface area (Å²) in [5, 5.41) is 5.68. The Hall–Kier alpha value is -1.36. The molecule has 37 heavy (non-hydrogen) atoms. The lowest BCUT2D eigenvalue weighted by Crippen LogP contribution is -2.54. The highest BCUT2D eigenvalue weighted by Gasteiger charge is 2.55. The molecule has 210 valence electrons. The molecule has 0 radical (unpaired) electrons. The van der Waals surface area contributed by atoms with Gasteiger partial charge in [0.25, 0.3) is 0 Å². The fourth-order valence-electron chi connectivity index (χ4n) is 5.47. The number of halogens is 1. The standard InChI is InChI=1S/C22H39FN6O5S2Si/c1-8-9-35-21-16-19(24)25-11-26-20(16)29(28-21)22-17(23)18(15(33-22)10-27-36(30,31)32)34-37(12(2)3,13(4)5)14(6)7/h11-15,17-18,22,27H,8-10H2,1-7H3,(H2,24,25,26)(H,30,31,32)/t15-,17+,18-,22-/m1/s1. The van der Waals surface area contributed by atoms with E-state index in [2.05, 4.69) is 56.6 Å². The molecule has 0 aliphatic carbocycles. The number of nitrogens with one attached hydrogen (secondary N) is 1. The molecule has 2 aromatic heterocycles. The van der Waals surface area contributed by atoms with Crippen LogP contribution >= 0.6 is 11.8 Å². The molecule has 1 fully saturated rings. The van der Waals surface area contributed by atoms with Crippen LogP contribution in [0.25, 0.3) is 11.0 Å². The van der Waals surface area contributed by atoms with Crippen LogP contribution < -0.4 is 10.5 Å². The van der Waals surface area contributed by atoms with Gasteiger partial charge in [-0.3, -0.25) is 4.55 Å². The largest absolute Gasteiger partial charge is 0.407 e. The van der Waals surface area contributed by atoms with Gasteiger partial charge in [0.05, 0.1) is 5.39 Å². The van der Waals surface area contributed by atoms with Crippen LogP contribution in [0.15, 0.2) is 11.4 Å². The Kier molecular flexibility index (Phi) is 9.62. The average molecular weight is 579 g/mol. The number of thioether (sulfide) groups is 1. The molecule has 4 atom stereocenters. The zero-order valence-corrected chi connectivity index (χ0v) is 25.0. The summed E-state index contributed by atoms with van der Waals surface area (Å²) in [6.45, 7) is 14.1. The number of hydrogen-bond acceptors (Lipinski definition) is 9. The average Bonchev–Trinajstić information content (AvgIpc) is 3.31. The van der Waals surface area contributed by atoms with Crippen LogP contribution in [0.3, 0.4) is 0 Å². The van der Waals surface area contributed by atoms with Gasteiger partial charge in [-0.1, -0.05) is 48.5 Å². The number of alkyl halides is 1. The number of nitrogens with zero attached hydrogens (tertiary/aromatic N) is 4. The highest BCUT2D eigenvalue weighted by Crippen LogP contribution is 2.47. The second-order valence-electron chi connectivity index (χ2n) is 10.3. The Balaban J connectivity index is 2.08. The number of ether oxygens (including phenoxy) is 1. The maximum Gasteiger partial charge on any atom is 0.333 e. The number of fused-ring (bicyclic) bond motifs is 1. The van der Waals surface area contributed by atoms with Gasteiger partial charge in [0.2, 0.25) is 8.32 Å². The zero-order chi connectivity index (χ0) is 27.7. The van der Waals surface area contributed by atoms with E-state index in [1.165, 1.54) is 22.8 Å². The highest BCUT2D eigenvalue weighted by molar-refractivity contribution is 7.99. The highest BCUT2D eigenvalue weighted by atomic mass is 32.2. The summed E-state index contributed by atoms with van der Waals surface area (Å²) in [7, 11) is -7.13. The van der Waals surface area contributed by atoms with Gasteiger partial charge >= 0.3 is 10.3 Å². The van der Waals surface area contributed by atoms with Crippen molar-refractivity contribution < 1.29 is 26.5 Å². The normalized spacial score (nSPS) is 23.2. The zero-order valence-electron chi connectivity index (χ0n) is 22.4. The summed E-state index contributed by atoms with van der Waals surface area (Å²) in [4.78, 5) is 8.38. The maximum atomic E-state index is 16.4. The first-order chi connectivity index (χ1) is 17.2. The van der Waals surface area contributed by atoms with E-state index in [-0.39, 0.29) is 29.0 Å². The third-order valence-electron chi connectivity index (χ3n) is 6.95. The quantitative estimate of drug-likeness (QED) is 0.190. The van der Waals surface area contributed by atoms with Gasteiger partial charge in [-0.05, 0) is 28.8 Å². The summed E-state index contributed by atoms with van der Waals surface area (Å²) in [5.41, 5.74) is 6.92. The number of nitrogens with two attached hydrogens (primary N) is 1. The van der Waals surface area contributed by atoms with Crippen molar-refractivity contribution in [2.75, 3.05) is 18.0 Å². The van der Waals surface area contributed by atoms with Gasteiger partial charge in [-0.25, -0.2) is 19.0 Å². The molecule has 0 aromatic carbocycles. The van der Waals surface area contributed by atoms with E-state index in [1.54, 1.807) is 0 Å². The Morgan fingerprint density at radius 2 is 1.86 bits per heavy atom. The third kappa shape index (κ3) is 6.12. The molecule has 0 unspecified atom stereocenters. The maximum absolute atomic E-state index is 16.4. The molecule has 0 spiro atoms. The van der Waals surface area contributed by atoms with Gasteiger partial charge < -0.3 is 14.9 Å². The van der Waals surface area contributed by atoms with Crippen LogP contribution in [-0.2, 0) is 19.5 Å².